The molecular weight excluding hydrogens is 544 g/mol. The van der Waals surface area contributed by atoms with Gasteiger partial charge in [0.05, 0.1) is 19.8 Å². The fourth-order valence-electron chi connectivity index (χ4n) is 6.50. The van der Waals surface area contributed by atoms with Crippen LogP contribution in [0.5, 0.6) is 11.5 Å². The molecule has 0 bridgehead atoms. The van der Waals surface area contributed by atoms with Crippen molar-refractivity contribution in [3.8, 4) is 11.5 Å². The number of aliphatic hydroxyl groups excluding tert-OH is 1. The van der Waals surface area contributed by atoms with Crippen LogP contribution in [-0.4, -0.2) is 27.5 Å². The van der Waals surface area contributed by atoms with Gasteiger partial charge in [0, 0.05) is 62.8 Å². The highest BCUT2D eigenvalue weighted by atomic mass is 16.5. The minimum Gasteiger partial charge on any atom is -0.493 e. The van der Waals surface area contributed by atoms with Crippen LogP contribution >= 0.6 is 0 Å². The number of aromatic nitrogens is 2. The van der Waals surface area contributed by atoms with Crippen molar-refractivity contribution in [1.29, 1.82) is 0 Å². The second kappa shape index (κ2) is 12.9. The lowest BCUT2D eigenvalue weighted by Gasteiger charge is -2.13. The smallest absolute Gasteiger partial charge is 0.123 e. The number of ether oxygens (including phenoxy) is 2. The lowest BCUT2D eigenvalue weighted by Crippen LogP contribution is -2.04. The Hall–Kier alpha value is -4.74. The molecule has 1 N–H and O–H groups in total. The third-order valence-electron chi connectivity index (χ3n) is 8.57. The summed E-state index contributed by atoms with van der Waals surface area (Å²) < 4.78 is 17.1. The van der Waals surface area contributed by atoms with Crippen molar-refractivity contribution in [2.45, 2.75) is 45.4 Å². The molecule has 0 radical (unpaired) electrons. The average Bonchev–Trinajstić information content (AvgIpc) is 3.57. The molecule has 0 fully saturated rings. The quantitative estimate of drug-likeness (QED) is 0.138. The lowest BCUT2D eigenvalue weighted by atomic mass is 10.2. The third-order valence-corrected chi connectivity index (χ3v) is 8.57. The number of para-hydroxylation sites is 4. The highest BCUT2D eigenvalue weighted by Crippen LogP contribution is 2.30. The predicted octanol–water partition coefficient (Wildman–Crippen LogP) is 9.11. The number of aryl methyl sites for hydroxylation is 2. The second-order valence-electron chi connectivity index (χ2n) is 11.5. The van der Waals surface area contributed by atoms with Gasteiger partial charge in [-0.2, -0.15) is 0 Å². The van der Waals surface area contributed by atoms with E-state index in [0.717, 1.165) is 55.8 Å². The summed E-state index contributed by atoms with van der Waals surface area (Å²) in [6, 6.07) is 40.3. The van der Waals surface area contributed by atoms with Gasteiger partial charge >= 0.3 is 0 Å². The van der Waals surface area contributed by atoms with Crippen molar-refractivity contribution < 1.29 is 14.6 Å². The van der Waals surface area contributed by atoms with E-state index in [0.29, 0.717) is 13.2 Å². The van der Waals surface area contributed by atoms with E-state index in [2.05, 4.69) is 106 Å². The first-order valence-corrected chi connectivity index (χ1v) is 15.7. The molecule has 0 amide bonds. The van der Waals surface area contributed by atoms with Crippen LogP contribution in [0.25, 0.3) is 43.6 Å². The summed E-state index contributed by atoms with van der Waals surface area (Å²) in [6.45, 7) is 3.07. The number of unbranched alkanes of at least 4 members (excludes halogenated alkanes) is 2. The van der Waals surface area contributed by atoms with Crippen molar-refractivity contribution >= 4 is 43.6 Å². The van der Waals surface area contributed by atoms with Crippen molar-refractivity contribution in [3.05, 3.63) is 121 Å². The molecule has 7 rings (SSSR count). The lowest BCUT2D eigenvalue weighted by molar-refractivity contribution is 0.271. The first kappa shape index (κ1) is 28.1. The monoisotopic (exact) mass is 582 g/mol. The molecule has 5 aromatic carbocycles. The van der Waals surface area contributed by atoms with E-state index in [4.69, 9.17) is 9.47 Å². The predicted molar refractivity (Wildman–Crippen MR) is 181 cm³/mol. The first-order valence-electron chi connectivity index (χ1n) is 15.7. The molecule has 0 unspecified atom stereocenters. The number of benzene rings is 5. The number of nitrogens with zero attached hydrogens (tertiary/aromatic N) is 2. The van der Waals surface area contributed by atoms with Crippen LogP contribution in [0.15, 0.2) is 115 Å². The van der Waals surface area contributed by atoms with E-state index in [9.17, 15) is 5.11 Å². The van der Waals surface area contributed by atoms with Crippen molar-refractivity contribution in [3.63, 3.8) is 0 Å². The van der Waals surface area contributed by atoms with E-state index in [1.165, 1.54) is 43.6 Å². The van der Waals surface area contributed by atoms with Crippen LogP contribution in [0.3, 0.4) is 0 Å². The number of hydrogen-bond acceptors (Lipinski definition) is 3. The molecule has 0 aliphatic rings. The molecule has 0 spiro atoms. The number of aliphatic hydroxyl groups is 1. The number of rotatable bonds is 13. The number of fused-ring (bicyclic) bond motifs is 6. The maximum absolute atomic E-state index is 9.85. The van der Waals surface area contributed by atoms with Gasteiger partial charge in [0.15, 0.2) is 0 Å². The Balaban J connectivity index is 0.919. The van der Waals surface area contributed by atoms with Gasteiger partial charge < -0.3 is 23.7 Å². The zero-order valence-corrected chi connectivity index (χ0v) is 25.0. The summed E-state index contributed by atoms with van der Waals surface area (Å²) in [5, 5.41) is 15.1. The summed E-state index contributed by atoms with van der Waals surface area (Å²) in [6.07, 6.45) is 3.89. The van der Waals surface area contributed by atoms with E-state index in [1.54, 1.807) is 0 Å². The van der Waals surface area contributed by atoms with Gasteiger partial charge in [0.2, 0.25) is 0 Å². The standard InChI is InChI=1S/C39H38N2O3/c42-28-29-25-30(43-23-11-9-21-40-36-17-5-1-13-32(36)33-14-2-6-18-37(33)40)27-31(26-29)44-24-12-10-22-41-38-19-7-3-15-34(38)35-16-4-8-20-39(35)41/h1-8,13-20,25-27,42H,9-12,21-24,28H2. The zero-order chi connectivity index (χ0) is 29.7. The van der Waals surface area contributed by atoms with Crippen LogP contribution in [0.1, 0.15) is 31.2 Å². The van der Waals surface area contributed by atoms with Gasteiger partial charge in [-0.3, -0.25) is 0 Å². The average molecular weight is 583 g/mol. The first-order chi connectivity index (χ1) is 21.8. The SMILES string of the molecule is OCc1cc(OCCCCn2c3ccccc3c3ccccc32)cc(OCCCCn2c3ccccc3c3ccccc32)c1. The Bertz CT molecular complexity index is 1790. The molecule has 2 heterocycles. The summed E-state index contributed by atoms with van der Waals surface area (Å²) >= 11 is 0. The largest absolute Gasteiger partial charge is 0.493 e. The van der Waals surface area contributed by atoms with E-state index in [1.807, 2.05) is 18.2 Å². The molecule has 0 aliphatic carbocycles. The van der Waals surface area contributed by atoms with Crippen molar-refractivity contribution in [2.24, 2.45) is 0 Å². The van der Waals surface area contributed by atoms with Crippen molar-refractivity contribution in [1.82, 2.24) is 9.13 Å². The molecule has 0 aliphatic heterocycles. The summed E-state index contributed by atoms with van der Waals surface area (Å²) in [7, 11) is 0. The maximum Gasteiger partial charge on any atom is 0.123 e. The molecule has 0 saturated heterocycles. The van der Waals surface area contributed by atoms with E-state index in [-0.39, 0.29) is 6.61 Å². The van der Waals surface area contributed by atoms with Crippen LogP contribution in [0.2, 0.25) is 0 Å². The Kier molecular flexibility index (Phi) is 8.20. The van der Waals surface area contributed by atoms with Gasteiger partial charge in [-0.15, -0.1) is 0 Å². The third kappa shape index (κ3) is 5.63. The molecule has 7 aromatic rings. The molecule has 222 valence electrons. The van der Waals surface area contributed by atoms with Gasteiger partial charge in [-0.1, -0.05) is 72.8 Å². The fourth-order valence-corrected chi connectivity index (χ4v) is 6.50. The Morgan fingerprint density at radius 2 is 0.818 bits per heavy atom. The Labute approximate surface area is 257 Å². The fraction of sp³-hybridized carbons (Fsp3) is 0.231. The molecule has 2 aromatic heterocycles. The Morgan fingerprint density at radius 1 is 0.455 bits per heavy atom. The van der Waals surface area contributed by atoms with E-state index < -0.39 is 0 Å². The van der Waals surface area contributed by atoms with Gasteiger partial charge in [-0.05, 0) is 67.6 Å². The Morgan fingerprint density at radius 3 is 1.18 bits per heavy atom. The molecule has 5 heteroatoms. The summed E-state index contributed by atoms with van der Waals surface area (Å²) in [4.78, 5) is 0. The number of hydrogen-bond donors (Lipinski definition) is 1. The highest BCUT2D eigenvalue weighted by Gasteiger charge is 2.11. The topological polar surface area (TPSA) is 48.6 Å². The van der Waals surface area contributed by atoms with Crippen molar-refractivity contribution in [2.75, 3.05) is 13.2 Å². The van der Waals surface area contributed by atoms with E-state index >= 15 is 0 Å². The van der Waals surface area contributed by atoms with Gasteiger partial charge in [0.25, 0.3) is 0 Å². The van der Waals surface area contributed by atoms with Crippen LogP contribution in [0.4, 0.5) is 0 Å². The molecule has 5 nitrogen and oxygen atoms in total. The highest BCUT2D eigenvalue weighted by molar-refractivity contribution is 6.08. The van der Waals surface area contributed by atoms with Gasteiger partial charge in [0.1, 0.15) is 11.5 Å². The maximum atomic E-state index is 9.85. The minimum atomic E-state index is -0.0465. The second-order valence-corrected chi connectivity index (χ2v) is 11.5. The molecule has 0 atom stereocenters. The summed E-state index contributed by atoms with van der Waals surface area (Å²) in [5.74, 6) is 1.49. The molecular formula is C39H38N2O3. The van der Waals surface area contributed by atoms with Crippen LogP contribution in [0, 0.1) is 0 Å². The summed E-state index contributed by atoms with van der Waals surface area (Å²) in [5.41, 5.74) is 5.92. The molecule has 0 saturated carbocycles. The zero-order valence-electron chi connectivity index (χ0n) is 25.0. The van der Waals surface area contributed by atoms with Crippen LogP contribution in [-0.2, 0) is 19.7 Å². The van der Waals surface area contributed by atoms with Crippen LogP contribution < -0.4 is 9.47 Å². The molecule has 44 heavy (non-hydrogen) atoms. The normalized spacial score (nSPS) is 11.7. The minimum absolute atomic E-state index is 0.0465. The van der Waals surface area contributed by atoms with Gasteiger partial charge in [-0.25, -0.2) is 0 Å².